The number of hydrogen-bond acceptors (Lipinski definition) is 5. The largest absolute Gasteiger partial charge is 0.497 e. The Morgan fingerprint density at radius 2 is 2.35 bits per heavy atom. The number of ether oxygens (including phenoxy) is 1. The van der Waals surface area contributed by atoms with Gasteiger partial charge < -0.3 is 15.6 Å². The van der Waals surface area contributed by atoms with Gasteiger partial charge >= 0.3 is 5.97 Å². The number of benzene rings is 1. The Morgan fingerprint density at radius 3 is 2.96 bits per heavy atom. The first-order valence-corrected chi connectivity index (χ1v) is 7.43. The van der Waals surface area contributed by atoms with Crippen molar-refractivity contribution in [3.05, 3.63) is 42.2 Å². The predicted molar refractivity (Wildman–Crippen MR) is 84.6 cm³/mol. The summed E-state index contributed by atoms with van der Waals surface area (Å²) in [6.07, 6.45) is 4.04. The highest BCUT2D eigenvalue weighted by molar-refractivity contribution is 5.79. The van der Waals surface area contributed by atoms with E-state index in [0.29, 0.717) is 26.1 Å². The Balaban J connectivity index is 1.86. The van der Waals surface area contributed by atoms with E-state index in [2.05, 4.69) is 10.00 Å². The lowest BCUT2D eigenvalue weighted by Gasteiger charge is -2.21. The van der Waals surface area contributed by atoms with Gasteiger partial charge in [-0.1, -0.05) is 0 Å². The number of carboxylic acid groups (broad SMARTS) is 1. The van der Waals surface area contributed by atoms with Gasteiger partial charge in [0.05, 0.1) is 12.8 Å². The van der Waals surface area contributed by atoms with Crippen LogP contribution in [0.15, 0.2) is 36.7 Å². The lowest BCUT2D eigenvalue weighted by atomic mass is 10.0. The number of nitrogens with zero attached hydrogens (tertiary/aromatic N) is 3. The van der Waals surface area contributed by atoms with Crippen molar-refractivity contribution in [3.63, 3.8) is 0 Å². The fourth-order valence-electron chi connectivity index (χ4n) is 2.92. The lowest BCUT2D eigenvalue weighted by Crippen LogP contribution is -2.50. The van der Waals surface area contributed by atoms with Crippen molar-refractivity contribution in [2.24, 2.45) is 5.73 Å². The monoisotopic (exact) mass is 316 g/mol. The van der Waals surface area contributed by atoms with E-state index in [1.54, 1.807) is 18.0 Å². The second-order valence-electron chi connectivity index (χ2n) is 5.87. The summed E-state index contributed by atoms with van der Waals surface area (Å²) in [7, 11) is 1.62. The maximum atomic E-state index is 11.3. The Labute approximate surface area is 134 Å². The molecule has 7 nitrogen and oxygen atoms in total. The van der Waals surface area contributed by atoms with Gasteiger partial charge in [-0.15, -0.1) is 0 Å². The molecule has 1 atom stereocenters. The molecule has 1 aliphatic rings. The average molecular weight is 316 g/mol. The van der Waals surface area contributed by atoms with Gasteiger partial charge in [0.15, 0.2) is 0 Å². The summed E-state index contributed by atoms with van der Waals surface area (Å²) in [5, 5.41) is 13.5. The summed E-state index contributed by atoms with van der Waals surface area (Å²) in [6, 6.07) is 7.65. The SMILES string of the molecule is COc1ccc(-n2cccn2)c(CN2CC[C@@](N)(C(=O)O)C2)c1. The van der Waals surface area contributed by atoms with Crippen molar-refractivity contribution in [2.75, 3.05) is 20.2 Å². The first-order chi connectivity index (χ1) is 11.0. The minimum Gasteiger partial charge on any atom is -0.497 e. The second-order valence-corrected chi connectivity index (χ2v) is 5.87. The van der Waals surface area contributed by atoms with E-state index in [9.17, 15) is 9.90 Å². The molecule has 1 aromatic heterocycles. The molecule has 3 N–H and O–H groups in total. The number of likely N-dealkylation sites (tertiary alicyclic amines) is 1. The van der Waals surface area contributed by atoms with Gasteiger partial charge in [0.2, 0.25) is 0 Å². The number of aromatic nitrogens is 2. The molecule has 0 radical (unpaired) electrons. The normalized spacial score (nSPS) is 21.5. The molecule has 23 heavy (non-hydrogen) atoms. The van der Waals surface area contributed by atoms with Crippen LogP contribution in [0.2, 0.25) is 0 Å². The molecule has 1 fully saturated rings. The van der Waals surface area contributed by atoms with Crippen LogP contribution in [-0.4, -0.2) is 51.5 Å². The number of aliphatic carboxylic acids is 1. The standard InChI is InChI=1S/C16H20N4O3/c1-23-13-3-4-14(20-7-2-6-18-20)12(9-13)10-19-8-5-16(17,11-19)15(21)22/h2-4,6-7,9H,5,8,10-11,17H2,1H3,(H,21,22)/t16-/m0/s1. The van der Waals surface area contributed by atoms with E-state index >= 15 is 0 Å². The van der Waals surface area contributed by atoms with Gasteiger partial charge in [-0.05, 0) is 36.2 Å². The molecule has 1 saturated heterocycles. The van der Waals surface area contributed by atoms with Crippen LogP contribution in [0.5, 0.6) is 5.75 Å². The van der Waals surface area contributed by atoms with Crippen LogP contribution in [0.3, 0.4) is 0 Å². The molecule has 0 aliphatic carbocycles. The highest BCUT2D eigenvalue weighted by Crippen LogP contribution is 2.26. The third-order valence-electron chi connectivity index (χ3n) is 4.24. The minimum atomic E-state index is -1.16. The number of nitrogens with two attached hydrogens (primary N) is 1. The van der Waals surface area contributed by atoms with Crippen LogP contribution in [0.4, 0.5) is 0 Å². The molecular formula is C16H20N4O3. The minimum absolute atomic E-state index is 0.331. The predicted octanol–water partition coefficient (Wildman–Crippen LogP) is 0.869. The van der Waals surface area contributed by atoms with Crippen LogP contribution in [0, 0.1) is 0 Å². The van der Waals surface area contributed by atoms with Crippen molar-refractivity contribution in [2.45, 2.75) is 18.5 Å². The molecule has 0 unspecified atom stereocenters. The van der Waals surface area contributed by atoms with Gasteiger partial charge in [-0.3, -0.25) is 9.69 Å². The summed E-state index contributed by atoms with van der Waals surface area (Å²) in [6.45, 7) is 1.58. The van der Waals surface area contributed by atoms with Gasteiger partial charge in [0, 0.05) is 32.0 Å². The summed E-state index contributed by atoms with van der Waals surface area (Å²) in [5.74, 6) is -0.190. The molecule has 0 saturated carbocycles. The molecule has 1 aliphatic heterocycles. The maximum Gasteiger partial charge on any atom is 0.325 e. The molecule has 7 heteroatoms. The van der Waals surface area contributed by atoms with Crippen LogP contribution in [-0.2, 0) is 11.3 Å². The van der Waals surface area contributed by atoms with Crippen LogP contribution >= 0.6 is 0 Å². The van der Waals surface area contributed by atoms with Crippen molar-refractivity contribution in [3.8, 4) is 11.4 Å². The zero-order valence-electron chi connectivity index (χ0n) is 13.0. The third-order valence-corrected chi connectivity index (χ3v) is 4.24. The van der Waals surface area contributed by atoms with Gasteiger partial charge in [-0.2, -0.15) is 5.10 Å². The van der Waals surface area contributed by atoms with Crippen LogP contribution < -0.4 is 10.5 Å². The topological polar surface area (TPSA) is 93.6 Å². The highest BCUT2D eigenvalue weighted by Gasteiger charge is 2.41. The zero-order valence-corrected chi connectivity index (χ0v) is 13.0. The zero-order chi connectivity index (χ0) is 16.4. The van der Waals surface area contributed by atoms with Gasteiger partial charge in [0.1, 0.15) is 11.3 Å². The summed E-state index contributed by atoms with van der Waals surface area (Å²) in [4.78, 5) is 13.3. The second kappa shape index (κ2) is 6.02. The maximum absolute atomic E-state index is 11.3. The fraction of sp³-hybridized carbons (Fsp3) is 0.375. The number of methoxy groups -OCH3 is 1. The number of carbonyl (C=O) groups is 1. The average Bonchev–Trinajstić information content (AvgIpc) is 3.18. The first kappa shape index (κ1) is 15.5. The summed E-state index contributed by atoms with van der Waals surface area (Å²) in [5.41, 5.74) is 6.75. The van der Waals surface area contributed by atoms with Gasteiger partial charge in [-0.25, -0.2) is 4.68 Å². The van der Waals surface area contributed by atoms with E-state index in [1.165, 1.54) is 0 Å². The molecule has 122 valence electrons. The number of hydrogen-bond donors (Lipinski definition) is 2. The molecule has 3 rings (SSSR count). The molecule has 2 aromatic rings. The van der Waals surface area contributed by atoms with Gasteiger partial charge in [0.25, 0.3) is 0 Å². The van der Waals surface area contributed by atoms with Crippen molar-refractivity contribution < 1.29 is 14.6 Å². The van der Waals surface area contributed by atoms with E-state index in [-0.39, 0.29) is 0 Å². The fourth-order valence-corrected chi connectivity index (χ4v) is 2.92. The summed E-state index contributed by atoms with van der Waals surface area (Å²) < 4.78 is 7.09. The lowest BCUT2D eigenvalue weighted by molar-refractivity contribution is -0.142. The van der Waals surface area contributed by atoms with Crippen LogP contribution in [0.25, 0.3) is 5.69 Å². The highest BCUT2D eigenvalue weighted by atomic mass is 16.5. The first-order valence-electron chi connectivity index (χ1n) is 7.43. The third kappa shape index (κ3) is 3.06. The van der Waals surface area contributed by atoms with Crippen LogP contribution in [0.1, 0.15) is 12.0 Å². The Morgan fingerprint density at radius 1 is 1.52 bits per heavy atom. The quantitative estimate of drug-likeness (QED) is 0.850. The molecule has 1 aromatic carbocycles. The molecule has 2 heterocycles. The van der Waals surface area contributed by atoms with E-state index < -0.39 is 11.5 Å². The Bertz CT molecular complexity index is 701. The van der Waals surface area contributed by atoms with Crippen molar-refractivity contribution in [1.82, 2.24) is 14.7 Å². The van der Waals surface area contributed by atoms with E-state index in [0.717, 1.165) is 17.0 Å². The molecule has 0 spiro atoms. The van der Waals surface area contributed by atoms with E-state index in [4.69, 9.17) is 10.5 Å². The molecule has 0 bridgehead atoms. The summed E-state index contributed by atoms with van der Waals surface area (Å²) >= 11 is 0. The van der Waals surface area contributed by atoms with Crippen molar-refractivity contribution >= 4 is 5.97 Å². The number of carboxylic acids is 1. The molecular weight excluding hydrogens is 296 g/mol. The Kier molecular flexibility index (Phi) is 4.06. The smallest absolute Gasteiger partial charge is 0.325 e. The van der Waals surface area contributed by atoms with Crippen molar-refractivity contribution in [1.29, 1.82) is 0 Å². The Hall–Kier alpha value is -2.38. The van der Waals surface area contributed by atoms with E-state index in [1.807, 2.05) is 30.5 Å². The molecule has 0 amide bonds. The number of rotatable bonds is 5.